The first-order valence-electron chi connectivity index (χ1n) is 41.3. The molecule has 0 aliphatic carbocycles. The van der Waals surface area contributed by atoms with Crippen molar-refractivity contribution in [2.45, 2.75) is 360 Å². The lowest BCUT2D eigenvalue weighted by Crippen LogP contribution is -2.37. The third kappa shape index (κ3) is 61.2. The molecular formula is C78H150N8O16P2+2. The minimum atomic E-state index is -4.43. The third-order valence-corrected chi connectivity index (χ3v) is 20.6. The minimum Gasteiger partial charge on any atom is -0.462 e. The molecule has 606 valence electrons. The topological polar surface area (TPSA) is 278 Å². The van der Waals surface area contributed by atoms with Gasteiger partial charge in [-0.05, 0) is 64.2 Å². The van der Waals surface area contributed by atoms with Crippen LogP contribution in [0.1, 0.15) is 333 Å². The number of aryl methyl sites for hydroxylation is 4. The number of phosphoric acid groups is 2. The van der Waals surface area contributed by atoms with Crippen LogP contribution in [-0.2, 0) is 91.3 Å². The van der Waals surface area contributed by atoms with E-state index in [9.17, 15) is 38.1 Å². The van der Waals surface area contributed by atoms with Crippen LogP contribution < -0.4 is 0 Å². The first-order chi connectivity index (χ1) is 50.0. The molecule has 26 heteroatoms. The number of rotatable bonds is 75. The van der Waals surface area contributed by atoms with Gasteiger partial charge in [0.05, 0.1) is 66.9 Å². The lowest BCUT2D eigenvalue weighted by molar-refractivity contribution is -0.870. The highest BCUT2D eigenvalue weighted by molar-refractivity contribution is 7.47. The monoisotopic (exact) mass is 1520 g/mol. The minimum absolute atomic E-state index is 0.00439. The van der Waals surface area contributed by atoms with Gasteiger partial charge in [-0.25, -0.2) is 9.13 Å². The van der Waals surface area contributed by atoms with Gasteiger partial charge in [-0.15, -0.1) is 10.2 Å². The largest absolute Gasteiger partial charge is 0.472 e. The van der Waals surface area contributed by atoms with Crippen molar-refractivity contribution in [1.29, 1.82) is 0 Å². The Bertz CT molecular complexity index is 2360. The van der Waals surface area contributed by atoms with Crippen molar-refractivity contribution in [1.82, 2.24) is 30.0 Å². The lowest BCUT2D eigenvalue weighted by Gasteiger charge is -2.24. The summed E-state index contributed by atoms with van der Waals surface area (Å²) in [5.41, 5.74) is 2.01. The summed E-state index contributed by atoms with van der Waals surface area (Å²) >= 11 is 0. The van der Waals surface area contributed by atoms with E-state index in [0.717, 1.165) is 166 Å². The number of phosphoric ester groups is 2. The molecule has 0 radical (unpaired) electrons. The second kappa shape index (κ2) is 62.1. The van der Waals surface area contributed by atoms with Crippen molar-refractivity contribution in [2.24, 2.45) is 0 Å². The van der Waals surface area contributed by atoms with Crippen LogP contribution in [0.3, 0.4) is 0 Å². The summed E-state index contributed by atoms with van der Waals surface area (Å²) in [5, 5.41) is 17.6. The summed E-state index contributed by atoms with van der Waals surface area (Å²) in [6, 6.07) is 0. The first-order valence-corrected chi connectivity index (χ1v) is 44.3. The van der Waals surface area contributed by atoms with Crippen molar-refractivity contribution >= 4 is 39.5 Å². The highest BCUT2D eigenvalue weighted by atomic mass is 31.2. The molecule has 0 saturated carbocycles. The van der Waals surface area contributed by atoms with E-state index < -0.39 is 64.9 Å². The number of ether oxygens (including phenoxy) is 4. The van der Waals surface area contributed by atoms with Crippen molar-refractivity contribution in [3.8, 4) is 0 Å². The molecule has 4 atom stereocenters. The fourth-order valence-electron chi connectivity index (χ4n) is 12.0. The molecule has 0 fully saturated rings. The van der Waals surface area contributed by atoms with Gasteiger partial charge in [0.15, 0.2) is 12.2 Å². The van der Waals surface area contributed by atoms with Crippen LogP contribution in [0.2, 0.25) is 0 Å². The molecule has 0 bridgehead atoms. The average molecular weight is 1520 g/mol. The summed E-state index contributed by atoms with van der Waals surface area (Å²) in [6.07, 6.45) is 53.9. The van der Waals surface area contributed by atoms with E-state index in [1.54, 1.807) is 0 Å². The van der Waals surface area contributed by atoms with Gasteiger partial charge in [0.2, 0.25) is 0 Å². The Morgan fingerprint density at radius 1 is 0.365 bits per heavy atom. The number of esters is 4. The van der Waals surface area contributed by atoms with Crippen molar-refractivity contribution in [2.75, 3.05) is 95.0 Å². The summed E-state index contributed by atoms with van der Waals surface area (Å²) in [6.45, 7) is 5.77. The summed E-state index contributed by atoms with van der Waals surface area (Å²) in [4.78, 5) is 71.8. The standard InChI is InChI=1S/C78H148N8O16P2/c1-9-11-13-15-17-19-21-23-25-27-29-39-47-55-75(87)95-67-73(69-99-103(91,92)97-63-61-85(3,4)5)101-77(89)57-49-41-33-31-37-45-53-71-65-83(81-79-71)59-51-43-35-36-44-52-60-84-66-72(80-82-84)54-46-38-32-34-42-50-58-78(90)102-74(70-100-104(93,94)98-64-62-86(6,7)8)68-96-76(88)56-48-40-30-28-26-24-22-20-18-16-14-12-10-2/h65-66,73-74H,9-64,67-70H2,1-8H3/p+2/t73-,74-/m1/s1. The molecule has 0 aromatic carbocycles. The van der Waals surface area contributed by atoms with Crippen LogP contribution in [0.15, 0.2) is 12.4 Å². The molecule has 24 nitrogen and oxygen atoms in total. The highest BCUT2D eigenvalue weighted by Gasteiger charge is 2.29. The lowest BCUT2D eigenvalue weighted by atomic mass is 10.0. The van der Waals surface area contributed by atoms with E-state index in [1.807, 2.05) is 51.6 Å². The predicted octanol–water partition coefficient (Wildman–Crippen LogP) is 18.0. The molecule has 2 heterocycles. The van der Waals surface area contributed by atoms with E-state index in [2.05, 4.69) is 46.9 Å². The van der Waals surface area contributed by atoms with Crippen molar-refractivity contribution < 1.29 is 84.1 Å². The van der Waals surface area contributed by atoms with Gasteiger partial charge in [0.25, 0.3) is 0 Å². The number of hydrogen-bond acceptors (Lipinski definition) is 18. The Morgan fingerprint density at radius 2 is 0.625 bits per heavy atom. The molecule has 0 amide bonds. The third-order valence-electron chi connectivity index (χ3n) is 18.6. The summed E-state index contributed by atoms with van der Waals surface area (Å²) < 4.78 is 73.2. The van der Waals surface area contributed by atoms with E-state index >= 15 is 0 Å². The van der Waals surface area contributed by atoms with Gasteiger partial charge in [-0.3, -0.25) is 46.6 Å². The Hall–Kier alpha value is -3.70. The van der Waals surface area contributed by atoms with Crippen LogP contribution in [0.25, 0.3) is 0 Å². The molecule has 2 N–H and O–H groups in total. The predicted molar refractivity (Wildman–Crippen MR) is 411 cm³/mol. The summed E-state index contributed by atoms with van der Waals surface area (Å²) in [7, 11) is 2.78. The fraction of sp³-hybridized carbons (Fsp3) is 0.897. The maximum Gasteiger partial charge on any atom is 0.472 e. The molecular weight excluding hydrogens is 1370 g/mol. The molecule has 2 aromatic rings. The van der Waals surface area contributed by atoms with E-state index in [4.69, 9.17) is 37.0 Å². The van der Waals surface area contributed by atoms with Crippen molar-refractivity contribution in [3.63, 3.8) is 0 Å². The van der Waals surface area contributed by atoms with Gasteiger partial charge >= 0.3 is 39.5 Å². The molecule has 0 aliphatic rings. The number of quaternary nitrogens is 2. The smallest absolute Gasteiger partial charge is 0.462 e. The number of likely N-dealkylation sites (N-methyl/N-ethyl adjacent to an activating group) is 2. The molecule has 2 aromatic heterocycles. The zero-order chi connectivity index (χ0) is 76.1. The second-order valence-electron chi connectivity index (χ2n) is 31.1. The van der Waals surface area contributed by atoms with Crippen LogP contribution in [0, 0.1) is 0 Å². The Labute approximate surface area is 629 Å². The zero-order valence-electron chi connectivity index (χ0n) is 66.8. The first kappa shape index (κ1) is 96.4. The van der Waals surface area contributed by atoms with E-state index in [1.165, 1.54) is 141 Å². The molecule has 2 unspecified atom stereocenters. The normalized spacial score (nSPS) is 13.8. The highest BCUT2D eigenvalue weighted by Crippen LogP contribution is 2.44. The number of hydrogen-bond donors (Lipinski definition) is 2. The molecule has 0 spiro atoms. The van der Waals surface area contributed by atoms with E-state index in [0.29, 0.717) is 34.9 Å². The van der Waals surface area contributed by atoms with Gasteiger partial charge < -0.3 is 37.7 Å². The van der Waals surface area contributed by atoms with Gasteiger partial charge in [0.1, 0.15) is 39.5 Å². The zero-order valence-corrected chi connectivity index (χ0v) is 68.6. The Balaban J connectivity index is 1.55. The summed E-state index contributed by atoms with van der Waals surface area (Å²) in [5.74, 6) is -1.73. The van der Waals surface area contributed by atoms with Gasteiger partial charge in [0, 0.05) is 51.2 Å². The van der Waals surface area contributed by atoms with Gasteiger partial charge in [-0.2, -0.15) is 0 Å². The van der Waals surface area contributed by atoms with Gasteiger partial charge in [-0.1, -0.05) is 255 Å². The van der Waals surface area contributed by atoms with Crippen LogP contribution in [0.5, 0.6) is 0 Å². The fourth-order valence-corrected chi connectivity index (χ4v) is 13.5. The molecule has 2 rings (SSSR count). The SMILES string of the molecule is CCCCCCCCCCCCCCCC(=O)OC[C@H](COP(=O)(O)OCC[N+](C)(C)C)OC(=O)CCCCCCCCc1cn(CCCCCCCCn2cc(CCCCCCCCC(=O)O[C@H](COC(=O)CCCCCCCCCCCCCCC)COP(=O)(O)OCC[N+](C)(C)C)nn2)nn1. The Morgan fingerprint density at radius 3 is 0.913 bits per heavy atom. The number of nitrogens with zero attached hydrogens (tertiary/aromatic N) is 8. The van der Waals surface area contributed by atoms with Crippen LogP contribution in [-0.4, -0.2) is 180 Å². The second-order valence-corrected chi connectivity index (χ2v) is 34.0. The van der Waals surface area contributed by atoms with Crippen molar-refractivity contribution in [3.05, 3.63) is 23.8 Å². The molecule has 104 heavy (non-hydrogen) atoms. The maximum atomic E-state index is 12.9. The molecule has 0 saturated heterocycles. The Kier molecular flexibility index (Phi) is 57.6. The number of carbonyl (C=O) groups excluding carboxylic acids is 4. The number of aromatic nitrogens is 6. The van der Waals surface area contributed by atoms with E-state index in [-0.39, 0.29) is 52.1 Å². The number of unbranched alkanes of at least 4 members (excludes halogenated alkanes) is 39. The molecule has 0 aliphatic heterocycles. The average Bonchev–Trinajstić information content (AvgIpc) is 1.62. The van der Waals surface area contributed by atoms with Crippen LogP contribution >= 0.6 is 15.6 Å². The quantitative estimate of drug-likeness (QED) is 0.0205. The van der Waals surface area contributed by atoms with Crippen LogP contribution in [0.4, 0.5) is 0 Å². The number of carbonyl (C=O) groups is 4. The maximum absolute atomic E-state index is 12.9.